The van der Waals surface area contributed by atoms with E-state index in [1.54, 1.807) is 6.07 Å². The Balaban J connectivity index is 2.03. The van der Waals surface area contributed by atoms with Crippen molar-refractivity contribution < 1.29 is 14.3 Å². The molecule has 5 heteroatoms. The average Bonchev–Trinajstić information content (AvgIpc) is 2.79. The molecule has 100 valence electrons. The fourth-order valence-electron chi connectivity index (χ4n) is 1.91. The minimum absolute atomic E-state index is 0.176. The third-order valence-electron chi connectivity index (χ3n) is 2.99. The molecule has 0 saturated carbocycles. The van der Waals surface area contributed by atoms with E-state index in [1.807, 2.05) is 36.0 Å². The Morgan fingerprint density at radius 1 is 1.32 bits per heavy atom. The molecular formula is C14H16N2O3. The summed E-state index contributed by atoms with van der Waals surface area (Å²) in [5.74, 6) is -0.520. The van der Waals surface area contributed by atoms with Crippen molar-refractivity contribution in [2.45, 2.75) is 6.42 Å². The average molecular weight is 260 g/mol. The maximum absolute atomic E-state index is 11.9. The van der Waals surface area contributed by atoms with Gasteiger partial charge in [0, 0.05) is 36.3 Å². The number of methoxy groups -OCH3 is 1. The Hall–Kier alpha value is -2.30. The molecule has 1 heterocycles. The van der Waals surface area contributed by atoms with Crippen LogP contribution < -0.4 is 5.32 Å². The monoisotopic (exact) mass is 260 g/mol. The van der Waals surface area contributed by atoms with Crippen LogP contribution in [0.5, 0.6) is 0 Å². The van der Waals surface area contributed by atoms with E-state index >= 15 is 0 Å². The molecule has 1 aromatic carbocycles. The standard InChI is InChI=1S/C14H16N2O3/c1-16-8-6-10-9-11(3-4-12(10)16)14(18)15-7-5-13(17)19-2/h3-4,6,8-9H,5,7H2,1-2H3,(H,15,18). The molecule has 0 bridgehead atoms. The summed E-state index contributed by atoms with van der Waals surface area (Å²) >= 11 is 0. The summed E-state index contributed by atoms with van der Waals surface area (Å²) in [5, 5.41) is 3.71. The first-order valence-electron chi connectivity index (χ1n) is 6.02. The van der Waals surface area contributed by atoms with Crippen LogP contribution in [0.1, 0.15) is 16.8 Å². The van der Waals surface area contributed by atoms with E-state index in [1.165, 1.54) is 7.11 Å². The molecule has 0 unspecified atom stereocenters. The van der Waals surface area contributed by atoms with Gasteiger partial charge in [0.2, 0.25) is 0 Å². The lowest BCUT2D eigenvalue weighted by Gasteiger charge is -2.05. The Kier molecular flexibility index (Phi) is 3.85. The van der Waals surface area contributed by atoms with Crippen LogP contribution in [0.3, 0.4) is 0 Å². The summed E-state index contributed by atoms with van der Waals surface area (Å²) in [6.45, 7) is 0.276. The van der Waals surface area contributed by atoms with Gasteiger partial charge in [0.05, 0.1) is 13.5 Å². The number of hydrogen-bond acceptors (Lipinski definition) is 3. The van der Waals surface area contributed by atoms with Gasteiger partial charge in [-0.2, -0.15) is 0 Å². The number of aromatic nitrogens is 1. The van der Waals surface area contributed by atoms with Gasteiger partial charge in [-0.25, -0.2) is 0 Å². The van der Waals surface area contributed by atoms with E-state index in [9.17, 15) is 9.59 Å². The molecule has 19 heavy (non-hydrogen) atoms. The first-order valence-corrected chi connectivity index (χ1v) is 6.02. The second kappa shape index (κ2) is 5.56. The molecule has 5 nitrogen and oxygen atoms in total. The van der Waals surface area contributed by atoms with Gasteiger partial charge in [-0.15, -0.1) is 0 Å². The molecule has 0 saturated heterocycles. The Morgan fingerprint density at radius 2 is 2.11 bits per heavy atom. The number of amides is 1. The molecule has 0 radical (unpaired) electrons. The number of carbonyl (C=O) groups excluding carboxylic acids is 2. The van der Waals surface area contributed by atoms with Crippen LogP contribution in [-0.2, 0) is 16.6 Å². The third-order valence-corrected chi connectivity index (χ3v) is 2.99. The van der Waals surface area contributed by atoms with E-state index in [0.29, 0.717) is 5.56 Å². The summed E-state index contributed by atoms with van der Waals surface area (Å²) in [5.41, 5.74) is 1.66. The summed E-state index contributed by atoms with van der Waals surface area (Å²) in [6.07, 6.45) is 2.12. The predicted octanol–water partition coefficient (Wildman–Crippen LogP) is 1.47. The van der Waals surface area contributed by atoms with Gasteiger partial charge < -0.3 is 14.6 Å². The van der Waals surface area contributed by atoms with Crippen LogP contribution in [-0.4, -0.2) is 30.1 Å². The van der Waals surface area contributed by atoms with Crippen molar-refractivity contribution >= 4 is 22.8 Å². The lowest BCUT2D eigenvalue weighted by molar-refractivity contribution is -0.140. The van der Waals surface area contributed by atoms with E-state index in [-0.39, 0.29) is 24.8 Å². The number of fused-ring (bicyclic) bond motifs is 1. The molecule has 0 aliphatic carbocycles. The maximum Gasteiger partial charge on any atom is 0.307 e. The Morgan fingerprint density at radius 3 is 2.84 bits per heavy atom. The van der Waals surface area contributed by atoms with Gasteiger partial charge >= 0.3 is 5.97 Å². The normalized spacial score (nSPS) is 10.4. The number of nitrogens with zero attached hydrogens (tertiary/aromatic N) is 1. The molecule has 0 spiro atoms. The SMILES string of the molecule is COC(=O)CCNC(=O)c1ccc2c(ccn2C)c1. The van der Waals surface area contributed by atoms with Crippen LogP contribution in [0.4, 0.5) is 0 Å². The molecule has 1 amide bonds. The Bertz CT molecular complexity index is 616. The zero-order valence-corrected chi connectivity index (χ0v) is 11.0. The number of hydrogen-bond donors (Lipinski definition) is 1. The van der Waals surface area contributed by atoms with E-state index in [4.69, 9.17) is 0 Å². The van der Waals surface area contributed by atoms with Gasteiger partial charge in [-0.3, -0.25) is 9.59 Å². The van der Waals surface area contributed by atoms with Crippen molar-refractivity contribution in [2.75, 3.05) is 13.7 Å². The molecule has 1 N–H and O–H groups in total. The van der Waals surface area contributed by atoms with E-state index in [2.05, 4.69) is 10.1 Å². The van der Waals surface area contributed by atoms with Gasteiger partial charge in [-0.05, 0) is 24.3 Å². The third kappa shape index (κ3) is 2.93. The summed E-state index contributed by atoms with van der Waals surface area (Å²) in [4.78, 5) is 22.8. The van der Waals surface area contributed by atoms with E-state index in [0.717, 1.165) is 10.9 Å². The minimum Gasteiger partial charge on any atom is -0.469 e. The van der Waals surface area contributed by atoms with Crippen molar-refractivity contribution in [1.82, 2.24) is 9.88 Å². The number of benzene rings is 1. The highest BCUT2D eigenvalue weighted by atomic mass is 16.5. The van der Waals surface area contributed by atoms with Crippen molar-refractivity contribution in [3.8, 4) is 0 Å². The smallest absolute Gasteiger partial charge is 0.307 e. The van der Waals surface area contributed by atoms with Gasteiger partial charge in [0.15, 0.2) is 0 Å². The van der Waals surface area contributed by atoms with Crippen molar-refractivity contribution in [3.63, 3.8) is 0 Å². The van der Waals surface area contributed by atoms with Crippen LogP contribution in [0.25, 0.3) is 10.9 Å². The molecule has 0 aliphatic rings. The lowest BCUT2D eigenvalue weighted by Crippen LogP contribution is -2.26. The molecular weight excluding hydrogens is 244 g/mol. The number of rotatable bonds is 4. The minimum atomic E-state index is -0.334. The van der Waals surface area contributed by atoms with E-state index < -0.39 is 0 Å². The first kappa shape index (κ1) is 13.1. The quantitative estimate of drug-likeness (QED) is 0.847. The number of carbonyl (C=O) groups is 2. The highest BCUT2D eigenvalue weighted by Crippen LogP contribution is 2.16. The van der Waals surface area contributed by atoms with Crippen molar-refractivity contribution in [2.24, 2.45) is 7.05 Å². The molecule has 1 aromatic heterocycles. The second-order valence-corrected chi connectivity index (χ2v) is 4.28. The lowest BCUT2D eigenvalue weighted by atomic mass is 10.1. The summed E-state index contributed by atoms with van der Waals surface area (Å²) < 4.78 is 6.50. The van der Waals surface area contributed by atoms with Crippen LogP contribution in [0.15, 0.2) is 30.5 Å². The molecule has 0 aliphatic heterocycles. The topological polar surface area (TPSA) is 60.3 Å². The zero-order chi connectivity index (χ0) is 13.8. The molecule has 2 aromatic rings. The second-order valence-electron chi connectivity index (χ2n) is 4.28. The van der Waals surface area contributed by atoms with Gasteiger partial charge in [0.25, 0.3) is 5.91 Å². The molecule has 0 fully saturated rings. The summed E-state index contributed by atoms with van der Waals surface area (Å²) in [7, 11) is 3.28. The van der Waals surface area contributed by atoms with Crippen LogP contribution >= 0.6 is 0 Å². The van der Waals surface area contributed by atoms with Gasteiger partial charge in [0.1, 0.15) is 0 Å². The largest absolute Gasteiger partial charge is 0.469 e. The molecule has 0 atom stereocenters. The predicted molar refractivity (Wildman–Crippen MR) is 71.9 cm³/mol. The zero-order valence-electron chi connectivity index (χ0n) is 11.0. The number of esters is 1. The number of ether oxygens (including phenoxy) is 1. The Labute approximate surface area is 111 Å². The number of aryl methyl sites for hydroxylation is 1. The highest BCUT2D eigenvalue weighted by Gasteiger charge is 2.08. The fourth-order valence-corrected chi connectivity index (χ4v) is 1.91. The number of nitrogens with one attached hydrogen (secondary N) is 1. The highest BCUT2D eigenvalue weighted by molar-refractivity contribution is 5.98. The van der Waals surface area contributed by atoms with Crippen LogP contribution in [0.2, 0.25) is 0 Å². The summed E-state index contributed by atoms with van der Waals surface area (Å²) in [6, 6.07) is 7.48. The first-order chi connectivity index (χ1) is 9.11. The van der Waals surface area contributed by atoms with Crippen molar-refractivity contribution in [3.05, 3.63) is 36.0 Å². The molecule has 2 rings (SSSR count). The maximum atomic E-state index is 11.9. The van der Waals surface area contributed by atoms with Crippen LogP contribution in [0, 0.1) is 0 Å². The van der Waals surface area contributed by atoms with Gasteiger partial charge in [-0.1, -0.05) is 0 Å². The fraction of sp³-hybridized carbons (Fsp3) is 0.286. The van der Waals surface area contributed by atoms with Crippen molar-refractivity contribution in [1.29, 1.82) is 0 Å².